The second-order valence-electron chi connectivity index (χ2n) is 4.83. The first kappa shape index (κ1) is 14.1. The maximum Gasteiger partial charge on any atom is 0.338 e. The van der Waals surface area contributed by atoms with E-state index in [0.717, 1.165) is 0 Å². The van der Waals surface area contributed by atoms with Crippen molar-refractivity contribution in [2.45, 2.75) is 13.1 Å². The minimum absolute atomic E-state index is 0.328. The van der Waals surface area contributed by atoms with Crippen LogP contribution in [-0.4, -0.2) is 36.1 Å². The molecule has 8 nitrogen and oxygen atoms in total. The lowest BCUT2D eigenvalue weighted by atomic mass is 10.1. The number of rotatable bonds is 2. The standard InChI is InChI=1S/C14H14N4O4/c1-8-9(13(20)22-2)4-3-5-10(8)17-6-7-18-11(12(17)19)15-16-14(18)21/h3-7,11,15H,1-2H3,(H,16,21). The van der Waals surface area contributed by atoms with Gasteiger partial charge in [0, 0.05) is 12.4 Å². The predicted molar refractivity (Wildman–Crippen MR) is 76.4 cm³/mol. The summed E-state index contributed by atoms with van der Waals surface area (Å²) in [6, 6.07) is 4.64. The summed E-state index contributed by atoms with van der Waals surface area (Å²) in [5.74, 6) is -0.795. The van der Waals surface area contributed by atoms with Crippen molar-refractivity contribution in [1.82, 2.24) is 15.8 Å². The third kappa shape index (κ3) is 2.01. The van der Waals surface area contributed by atoms with Crippen molar-refractivity contribution in [2.24, 2.45) is 0 Å². The Labute approximate surface area is 126 Å². The molecular formula is C14H14N4O4. The van der Waals surface area contributed by atoms with Crippen LogP contribution in [-0.2, 0) is 9.53 Å². The number of ether oxygens (including phenoxy) is 1. The van der Waals surface area contributed by atoms with Gasteiger partial charge in [-0.15, -0.1) is 0 Å². The van der Waals surface area contributed by atoms with Crippen molar-refractivity contribution in [3.8, 4) is 0 Å². The normalized spacial score (nSPS) is 20.0. The smallest absolute Gasteiger partial charge is 0.338 e. The molecule has 0 bridgehead atoms. The zero-order valence-electron chi connectivity index (χ0n) is 12.0. The summed E-state index contributed by atoms with van der Waals surface area (Å²) < 4.78 is 4.73. The minimum Gasteiger partial charge on any atom is -0.465 e. The molecule has 2 N–H and O–H groups in total. The number of hydrogen-bond acceptors (Lipinski definition) is 5. The number of esters is 1. The first-order valence-corrected chi connectivity index (χ1v) is 6.57. The number of urea groups is 1. The van der Waals surface area contributed by atoms with Crippen molar-refractivity contribution in [3.63, 3.8) is 0 Å². The van der Waals surface area contributed by atoms with Crippen molar-refractivity contribution in [2.75, 3.05) is 12.0 Å². The summed E-state index contributed by atoms with van der Waals surface area (Å²) >= 11 is 0. The van der Waals surface area contributed by atoms with E-state index in [0.29, 0.717) is 16.8 Å². The summed E-state index contributed by atoms with van der Waals surface area (Å²) in [6.45, 7) is 1.74. The molecule has 2 aliphatic rings. The lowest BCUT2D eigenvalue weighted by molar-refractivity contribution is -0.122. The molecule has 0 aromatic heterocycles. The molecule has 2 heterocycles. The van der Waals surface area contributed by atoms with Gasteiger partial charge < -0.3 is 4.74 Å². The van der Waals surface area contributed by atoms with Gasteiger partial charge in [-0.05, 0) is 24.6 Å². The molecule has 0 saturated carbocycles. The number of benzene rings is 1. The highest BCUT2D eigenvalue weighted by molar-refractivity contribution is 6.04. The molecular weight excluding hydrogens is 288 g/mol. The van der Waals surface area contributed by atoms with E-state index in [1.54, 1.807) is 25.1 Å². The Hall–Kier alpha value is -2.87. The largest absolute Gasteiger partial charge is 0.465 e. The number of carbonyl (C=O) groups is 3. The quantitative estimate of drug-likeness (QED) is 0.774. The Bertz CT molecular complexity index is 700. The van der Waals surface area contributed by atoms with E-state index in [1.165, 1.54) is 29.3 Å². The van der Waals surface area contributed by atoms with E-state index in [2.05, 4.69) is 10.9 Å². The number of fused-ring (bicyclic) bond motifs is 1. The van der Waals surface area contributed by atoms with E-state index in [-0.39, 0.29) is 5.91 Å². The van der Waals surface area contributed by atoms with Crippen molar-refractivity contribution < 1.29 is 19.1 Å². The molecule has 114 valence electrons. The third-order valence-electron chi connectivity index (χ3n) is 3.65. The summed E-state index contributed by atoms with van der Waals surface area (Å²) in [5.41, 5.74) is 6.57. The summed E-state index contributed by atoms with van der Waals surface area (Å²) in [6.07, 6.45) is 2.19. The number of amides is 3. The van der Waals surface area contributed by atoms with E-state index in [1.807, 2.05) is 0 Å². The molecule has 1 aromatic rings. The van der Waals surface area contributed by atoms with Gasteiger partial charge in [-0.1, -0.05) is 6.07 Å². The number of hydrogen-bond donors (Lipinski definition) is 2. The first-order chi connectivity index (χ1) is 10.5. The fraction of sp³-hybridized carbons (Fsp3) is 0.214. The monoisotopic (exact) mass is 302 g/mol. The SMILES string of the molecule is COC(=O)c1cccc(N2C=CN3C(=O)NNC3C2=O)c1C. The molecule has 0 spiro atoms. The van der Waals surface area contributed by atoms with Crippen LogP contribution >= 0.6 is 0 Å². The van der Waals surface area contributed by atoms with Gasteiger partial charge in [0.25, 0.3) is 5.91 Å². The maximum absolute atomic E-state index is 12.5. The predicted octanol–water partition coefficient (Wildman–Crippen LogP) is 0.455. The van der Waals surface area contributed by atoms with E-state index in [9.17, 15) is 14.4 Å². The zero-order valence-corrected chi connectivity index (χ0v) is 12.0. The third-order valence-corrected chi connectivity index (χ3v) is 3.65. The Morgan fingerprint density at radius 3 is 2.77 bits per heavy atom. The molecule has 22 heavy (non-hydrogen) atoms. The van der Waals surface area contributed by atoms with Gasteiger partial charge >= 0.3 is 12.0 Å². The summed E-state index contributed by atoms with van der Waals surface area (Å²) in [4.78, 5) is 38.5. The van der Waals surface area contributed by atoms with E-state index >= 15 is 0 Å². The molecule has 1 saturated heterocycles. The van der Waals surface area contributed by atoms with Crippen molar-refractivity contribution in [1.29, 1.82) is 0 Å². The number of anilines is 1. The lowest BCUT2D eigenvalue weighted by Gasteiger charge is -2.30. The highest BCUT2D eigenvalue weighted by Gasteiger charge is 2.40. The average molecular weight is 302 g/mol. The number of nitrogens with zero attached hydrogens (tertiary/aromatic N) is 2. The summed E-state index contributed by atoms with van der Waals surface area (Å²) in [5, 5.41) is 0. The van der Waals surface area contributed by atoms with Crippen LogP contribution in [0.2, 0.25) is 0 Å². The topological polar surface area (TPSA) is 91.0 Å². The Morgan fingerprint density at radius 1 is 1.27 bits per heavy atom. The second kappa shape index (κ2) is 5.15. The fourth-order valence-electron chi connectivity index (χ4n) is 2.47. The molecule has 0 radical (unpaired) electrons. The van der Waals surface area contributed by atoms with Gasteiger partial charge in [-0.2, -0.15) is 0 Å². The van der Waals surface area contributed by atoms with Crippen LogP contribution in [0.1, 0.15) is 15.9 Å². The van der Waals surface area contributed by atoms with Crippen LogP contribution < -0.4 is 15.8 Å². The summed E-state index contributed by atoms with van der Waals surface area (Å²) in [7, 11) is 1.30. The molecule has 2 aliphatic heterocycles. The molecule has 3 rings (SSSR count). The minimum atomic E-state index is -0.807. The highest BCUT2D eigenvalue weighted by Crippen LogP contribution is 2.27. The Morgan fingerprint density at radius 2 is 2.05 bits per heavy atom. The first-order valence-electron chi connectivity index (χ1n) is 6.57. The maximum atomic E-state index is 12.5. The molecule has 1 aromatic carbocycles. The van der Waals surface area contributed by atoms with Crippen molar-refractivity contribution >= 4 is 23.6 Å². The van der Waals surface area contributed by atoms with Crippen LogP contribution in [0.4, 0.5) is 10.5 Å². The Kier molecular flexibility index (Phi) is 3.30. The van der Waals surface area contributed by atoms with Gasteiger partial charge in [-0.25, -0.2) is 15.0 Å². The van der Waals surface area contributed by atoms with Crippen LogP contribution in [0.3, 0.4) is 0 Å². The number of hydrazine groups is 1. The molecule has 1 fully saturated rings. The molecule has 8 heteroatoms. The number of nitrogens with one attached hydrogen (secondary N) is 2. The molecule has 1 atom stereocenters. The second-order valence-corrected chi connectivity index (χ2v) is 4.83. The zero-order chi connectivity index (χ0) is 15.9. The fourth-order valence-corrected chi connectivity index (χ4v) is 2.47. The van der Waals surface area contributed by atoms with E-state index < -0.39 is 18.2 Å². The average Bonchev–Trinajstić information content (AvgIpc) is 2.90. The van der Waals surface area contributed by atoms with Crippen LogP contribution in [0, 0.1) is 6.92 Å². The molecule has 3 amide bonds. The molecule has 1 unspecified atom stereocenters. The van der Waals surface area contributed by atoms with Gasteiger partial charge in [0.05, 0.1) is 18.4 Å². The number of carbonyl (C=O) groups excluding carboxylic acids is 3. The van der Waals surface area contributed by atoms with Gasteiger partial charge in [0.1, 0.15) is 0 Å². The Balaban J connectivity index is 2.00. The van der Waals surface area contributed by atoms with Crippen LogP contribution in [0.15, 0.2) is 30.6 Å². The molecule has 0 aliphatic carbocycles. The van der Waals surface area contributed by atoms with Gasteiger partial charge in [0.15, 0.2) is 6.17 Å². The highest BCUT2D eigenvalue weighted by atomic mass is 16.5. The van der Waals surface area contributed by atoms with Gasteiger partial charge in [0.2, 0.25) is 0 Å². The van der Waals surface area contributed by atoms with E-state index in [4.69, 9.17) is 4.74 Å². The number of methoxy groups -OCH3 is 1. The van der Waals surface area contributed by atoms with Crippen LogP contribution in [0.5, 0.6) is 0 Å². The van der Waals surface area contributed by atoms with Gasteiger partial charge in [-0.3, -0.25) is 20.0 Å². The van der Waals surface area contributed by atoms with Crippen molar-refractivity contribution in [3.05, 3.63) is 41.7 Å². The lowest BCUT2D eigenvalue weighted by Crippen LogP contribution is -2.51. The van der Waals surface area contributed by atoms with Crippen LogP contribution in [0.25, 0.3) is 0 Å².